The molecule has 8 nitrogen and oxygen atoms in total. The number of hydrogen-bond acceptors (Lipinski definition) is 5. The highest BCUT2D eigenvalue weighted by Gasteiger charge is 2.29. The van der Waals surface area contributed by atoms with Crippen LogP contribution in [-0.4, -0.2) is 34.2 Å². The van der Waals surface area contributed by atoms with Gasteiger partial charge in [0.05, 0.1) is 6.20 Å². The van der Waals surface area contributed by atoms with E-state index in [-0.39, 0.29) is 12.5 Å². The highest BCUT2D eigenvalue weighted by molar-refractivity contribution is 5.90. The third-order valence-corrected chi connectivity index (χ3v) is 2.42. The van der Waals surface area contributed by atoms with Crippen molar-refractivity contribution in [1.29, 1.82) is 0 Å². The molecule has 0 bridgehead atoms. The largest absolute Gasteiger partial charge is 0.340 e. The number of aryl methyl sites for hydroxylation is 1. The van der Waals surface area contributed by atoms with Crippen LogP contribution in [0.5, 0.6) is 0 Å². The first-order valence-electron chi connectivity index (χ1n) is 5.04. The number of nitrogens with two attached hydrogens (primary N) is 1. The molecule has 2 atom stereocenters. The Hall–Kier alpha value is -1.93. The zero-order chi connectivity index (χ0) is 12.4. The number of aromatic nitrogens is 2. The molecule has 2 amide bonds. The van der Waals surface area contributed by atoms with Crippen molar-refractivity contribution in [2.75, 3.05) is 6.61 Å². The van der Waals surface area contributed by atoms with E-state index in [0.29, 0.717) is 5.56 Å². The second-order valence-electron chi connectivity index (χ2n) is 3.76. The number of rotatable bonds is 3. The smallest absolute Gasteiger partial charge is 0.268 e. The van der Waals surface area contributed by atoms with Crippen LogP contribution in [0.15, 0.2) is 12.4 Å². The lowest BCUT2D eigenvalue weighted by Gasteiger charge is -2.12. The Morgan fingerprint density at radius 2 is 2.59 bits per heavy atom. The number of hydroxylamine groups is 1. The summed E-state index contributed by atoms with van der Waals surface area (Å²) in [6, 6.07) is -1.54. The van der Waals surface area contributed by atoms with E-state index in [1.807, 2.05) is 0 Å². The Labute approximate surface area is 97.1 Å². The fourth-order valence-corrected chi connectivity index (χ4v) is 1.46. The molecule has 0 spiro atoms. The summed E-state index contributed by atoms with van der Waals surface area (Å²) in [4.78, 5) is 27.6. The van der Waals surface area contributed by atoms with Crippen molar-refractivity contribution in [3.63, 3.8) is 0 Å². The Kier molecular flexibility index (Phi) is 3.07. The molecule has 1 fully saturated rings. The average Bonchev–Trinajstić information content (AvgIpc) is 2.88. The Morgan fingerprint density at radius 1 is 1.82 bits per heavy atom. The van der Waals surface area contributed by atoms with E-state index in [1.165, 1.54) is 6.20 Å². The maximum atomic E-state index is 11.7. The molecular weight excluding hydrogens is 226 g/mol. The second kappa shape index (κ2) is 4.52. The molecule has 0 aromatic carbocycles. The molecule has 1 aliphatic rings. The molecule has 92 valence electrons. The fraction of sp³-hybridized carbons (Fsp3) is 0.444. The number of nitrogens with zero attached hydrogens (tertiary/aromatic N) is 2. The monoisotopic (exact) mass is 239 g/mol. The summed E-state index contributed by atoms with van der Waals surface area (Å²) < 4.78 is 1.55. The third kappa shape index (κ3) is 2.43. The summed E-state index contributed by atoms with van der Waals surface area (Å²) in [5.41, 5.74) is 8.47. The summed E-state index contributed by atoms with van der Waals surface area (Å²) in [6.45, 7) is 0.102. The first-order chi connectivity index (χ1) is 8.08. The normalized spacial score (nSPS) is 21.1. The van der Waals surface area contributed by atoms with E-state index < -0.39 is 18.0 Å². The lowest BCUT2D eigenvalue weighted by atomic mass is 10.1. The van der Waals surface area contributed by atoms with Crippen molar-refractivity contribution in [2.45, 2.75) is 12.1 Å². The molecule has 1 aromatic heterocycles. The van der Waals surface area contributed by atoms with Crippen molar-refractivity contribution >= 4 is 11.8 Å². The molecule has 2 rings (SSSR count). The van der Waals surface area contributed by atoms with Gasteiger partial charge in [-0.25, -0.2) is 5.48 Å². The van der Waals surface area contributed by atoms with Crippen LogP contribution in [0.3, 0.4) is 0 Å². The molecule has 1 saturated heterocycles. The lowest BCUT2D eigenvalue weighted by Crippen LogP contribution is -2.45. The Bertz CT molecular complexity index is 444. The fourth-order valence-electron chi connectivity index (χ4n) is 1.46. The number of hydrogen-bond donors (Lipinski definition) is 3. The Balaban J connectivity index is 1.98. The number of carbonyl (C=O) groups excluding carboxylic acids is 2. The predicted molar refractivity (Wildman–Crippen MR) is 56.2 cm³/mol. The van der Waals surface area contributed by atoms with Crippen LogP contribution in [0.25, 0.3) is 0 Å². The summed E-state index contributed by atoms with van der Waals surface area (Å²) in [6.07, 6.45) is 3.16. The minimum absolute atomic E-state index is 0.102. The quantitative estimate of drug-likeness (QED) is 0.563. The Morgan fingerprint density at radius 3 is 3.12 bits per heavy atom. The summed E-state index contributed by atoms with van der Waals surface area (Å²) >= 11 is 0. The summed E-state index contributed by atoms with van der Waals surface area (Å²) in [5.74, 6) is -0.819. The zero-order valence-electron chi connectivity index (χ0n) is 9.21. The van der Waals surface area contributed by atoms with Gasteiger partial charge < -0.3 is 11.1 Å². The van der Waals surface area contributed by atoms with Gasteiger partial charge in [-0.3, -0.25) is 19.1 Å². The van der Waals surface area contributed by atoms with Crippen molar-refractivity contribution in [1.82, 2.24) is 20.6 Å². The molecule has 17 heavy (non-hydrogen) atoms. The maximum absolute atomic E-state index is 11.7. The summed E-state index contributed by atoms with van der Waals surface area (Å²) in [5, 5.41) is 6.42. The van der Waals surface area contributed by atoms with Gasteiger partial charge >= 0.3 is 0 Å². The number of carbonyl (C=O) groups is 2. The highest BCUT2D eigenvalue weighted by Crippen LogP contribution is 2.09. The predicted octanol–water partition coefficient (Wildman–Crippen LogP) is -2.03. The summed E-state index contributed by atoms with van der Waals surface area (Å²) in [7, 11) is 1.73. The van der Waals surface area contributed by atoms with E-state index in [1.54, 1.807) is 17.9 Å². The van der Waals surface area contributed by atoms with Crippen LogP contribution in [0, 0.1) is 0 Å². The van der Waals surface area contributed by atoms with Crippen LogP contribution < -0.4 is 16.5 Å². The van der Waals surface area contributed by atoms with Gasteiger partial charge in [0.25, 0.3) is 5.91 Å². The molecule has 2 heterocycles. The van der Waals surface area contributed by atoms with Crippen molar-refractivity contribution < 1.29 is 14.4 Å². The average molecular weight is 239 g/mol. The van der Waals surface area contributed by atoms with Gasteiger partial charge in [0.15, 0.2) is 0 Å². The van der Waals surface area contributed by atoms with Crippen LogP contribution in [0.4, 0.5) is 0 Å². The molecular formula is C9H13N5O3. The molecule has 1 aromatic rings. The van der Waals surface area contributed by atoms with E-state index >= 15 is 0 Å². The van der Waals surface area contributed by atoms with Crippen LogP contribution >= 0.6 is 0 Å². The molecule has 0 radical (unpaired) electrons. The molecule has 0 aliphatic carbocycles. The van der Waals surface area contributed by atoms with E-state index in [4.69, 9.17) is 5.73 Å². The van der Waals surface area contributed by atoms with Gasteiger partial charge in [0.1, 0.15) is 18.7 Å². The minimum atomic E-state index is -0.850. The molecule has 0 saturated carbocycles. The van der Waals surface area contributed by atoms with Gasteiger partial charge in [0, 0.05) is 18.8 Å². The highest BCUT2D eigenvalue weighted by atomic mass is 16.7. The second-order valence-corrected chi connectivity index (χ2v) is 3.76. The van der Waals surface area contributed by atoms with Gasteiger partial charge in [-0.05, 0) is 0 Å². The molecule has 1 unspecified atom stereocenters. The SMILES string of the molecule is Cn1cc(C(N)C(=O)N[C@@H]2CONC2=O)cn1. The van der Waals surface area contributed by atoms with E-state index in [2.05, 4.69) is 20.7 Å². The van der Waals surface area contributed by atoms with Crippen molar-refractivity contribution in [2.24, 2.45) is 12.8 Å². The molecule has 4 N–H and O–H groups in total. The van der Waals surface area contributed by atoms with Crippen LogP contribution in [0.1, 0.15) is 11.6 Å². The van der Waals surface area contributed by atoms with Crippen LogP contribution in [0.2, 0.25) is 0 Å². The number of nitrogens with one attached hydrogen (secondary N) is 2. The molecule has 8 heteroatoms. The topological polar surface area (TPSA) is 111 Å². The van der Waals surface area contributed by atoms with Crippen molar-refractivity contribution in [3.05, 3.63) is 18.0 Å². The maximum Gasteiger partial charge on any atom is 0.268 e. The van der Waals surface area contributed by atoms with E-state index in [0.717, 1.165) is 0 Å². The molecule has 1 aliphatic heterocycles. The lowest BCUT2D eigenvalue weighted by molar-refractivity contribution is -0.129. The van der Waals surface area contributed by atoms with Crippen molar-refractivity contribution in [3.8, 4) is 0 Å². The van der Waals surface area contributed by atoms with Gasteiger partial charge in [-0.2, -0.15) is 5.10 Å². The standard InChI is InChI=1S/C9H13N5O3/c1-14-3-5(2-11-14)7(10)9(16)12-6-4-17-13-8(6)15/h2-3,6-7H,4,10H2,1H3,(H,12,16)(H,13,15)/t6-,7?/m1/s1. The van der Waals surface area contributed by atoms with Gasteiger partial charge in [0.2, 0.25) is 5.91 Å². The first-order valence-corrected chi connectivity index (χ1v) is 5.04. The minimum Gasteiger partial charge on any atom is -0.340 e. The third-order valence-electron chi connectivity index (χ3n) is 2.42. The van der Waals surface area contributed by atoms with Gasteiger partial charge in [-0.15, -0.1) is 0 Å². The van der Waals surface area contributed by atoms with Crippen LogP contribution in [-0.2, 0) is 21.5 Å². The first kappa shape index (κ1) is 11.6. The number of amides is 2. The van der Waals surface area contributed by atoms with E-state index in [9.17, 15) is 9.59 Å². The zero-order valence-corrected chi connectivity index (χ0v) is 9.21. The van der Waals surface area contributed by atoms with Gasteiger partial charge in [-0.1, -0.05) is 0 Å².